The molecule has 0 aromatic heterocycles. The molecule has 1 rings (SSSR count). The maximum atomic E-state index is 5.77. The Kier molecular flexibility index (Phi) is 3.51. The van der Waals surface area contributed by atoms with Crippen LogP contribution in [0.1, 0.15) is 27.2 Å². The van der Waals surface area contributed by atoms with Crippen LogP contribution in [0.5, 0.6) is 0 Å². The highest BCUT2D eigenvalue weighted by Gasteiger charge is 2.29. The number of nitrogens with zero attached hydrogens (tertiary/aromatic N) is 1. The SMILES string of the molecule is C=C1CC(C(C)OC(C)C)N(C)C1. The second kappa shape index (κ2) is 4.25. The van der Waals surface area contributed by atoms with Gasteiger partial charge in [-0.2, -0.15) is 0 Å². The van der Waals surface area contributed by atoms with Crippen LogP contribution in [0.2, 0.25) is 0 Å². The minimum absolute atomic E-state index is 0.309. The lowest BCUT2D eigenvalue weighted by Gasteiger charge is -2.27. The molecule has 76 valence electrons. The van der Waals surface area contributed by atoms with E-state index in [2.05, 4.69) is 39.3 Å². The fraction of sp³-hybridized carbons (Fsp3) is 0.818. The monoisotopic (exact) mass is 183 g/mol. The van der Waals surface area contributed by atoms with Crippen molar-refractivity contribution in [2.75, 3.05) is 13.6 Å². The van der Waals surface area contributed by atoms with Crippen molar-refractivity contribution < 1.29 is 4.74 Å². The summed E-state index contributed by atoms with van der Waals surface area (Å²) in [7, 11) is 2.14. The molecule has 0 aliphatic carbocycles. The lowest BCUT2D eigenvalue weighted by atomic mass is 10.1. The van der Waals surface area contributed by atoms with Gasteiger partial charge in [0, 0.05) is 12.6 Å². The Bertz CT molecular complexity index is 189. The average Bonchev–Trinajstić information content (AvgIpc) is 2.28. The number of hydrogen-bond acceptors (Lipinski definition) is 2. The molecule has 13 heavy (non-hydrogen) atoms. The molecule has 0 amide bonds. The van der Waals surface area contributed by atoms with E-state index in [9.17, 15) is 0 Å². The van der Waals surface area contributed by atoms with Crippen molar-refractivity contribution >= 4 is 0 Å². The van der Waals surface area contributed by atoms with Gasteiger partial charge in [-0.05, 0) is 34.2 Å². The highest BCUT2D eigenvalue weighted by molar-refractivity contribution is 5.08. The van der Waals surface area contributed by atoms with E-state index in [-0.39, 0.29) is 0 Å². The number of hydrogen-bond donors (Lipinski definition) is 0. The molecule has 0 bridgehead atoms. The standard InChI is InChI=1S/C11H21NO/c1-8(2)13-10(4)11-6-9(3)7-12(11)5/h8,10-11H,3,6-7H2,1-2,4-5H3. The molecular formula is C11H21NO. The zero-order chi connectivity index (χ0) is 10.0. The van der Waals surface area contributed by atoms with Crippen LogP contribution in [0.15, 0.2) is 12.2 Å². The summed E-state index contributed by atoms with van der Waals surface area (Å²) in [4.78, 5) is 2.33. The van der Waals surface area contributed by atoms with E-state index < -0.39 is 0 Å². The zero-order valence-electron chi connectivity index (χ0n) is 9.21. The average molecular weight is 183 g/mol. The van der Waals surface area contributed by atoms with E-state index in [0.717, 1.165) is 13.0 Å². The van der Waals surface area contributed by atoms with Gasteiger partial charge in [-0.3, -0.25) is 4.90 Å². The Balaban J connectivity index is 2.47. The maximum Gasteiger partial charge on any atom is 0.0708 e. The summed E-state index contributed by atoms with van der Waals surface area (Å²) in [6.07, 6.45) is 1.71. The molecule has 0 radical (unpaired) electrons. The van der Waals surface area contributed by atoms with Crippen LogP contribution < -0.4 is 0 Å². The first-order chi connectivity index (χ1) is 6.00. The van der Waals surface area contributed by atoms with Crippen molar-refractivity contribution in [3.05, 3.63) is 12.2 Å². The van der Waals surface area contributed by atoms with Gasteiger partial charge < -0.3 is 4.74 Å². The van der Waals surface area contributed by atoms with Crippen molar-refractivity contribution in [1.29, 1.82) is 0 Å². The Hall–Kier alpha value is -0.340. The van der Waals surface area contributed by atoms with Crippen LogP contribution in [0.4, 0.5) is 0 Å². The van der Waals surface area contributed by atoms with Crippen LogP contribution in [-0.2, 0) is 4.74 Å². The number of likely N-dealkylation sites (N-methyl/N-ethyl adjacent to an activating group) is 1. The molecule has 2 atom stereocenters. The fourth-order valence-electron chi connectivity index (χ4n) is 2.03. The highest BCUT2D eigenvalue weighted by Crippen LogP contribution is 2.23. The zero-order valence-corrected chi connectivity index (χ0v) is 9.21. The molecule has 0 aromatic carbocycles. The Labute approximate surface area is 81.6 Å². The quantitative estimate of drug-likeness (QED) is 0.621. The van der Waals surface area contributed by atoms with Crippen LogP contribution in [0, 0.1) is 0 Å². The largest absolute Gasteiger partial charge is 0.374 e. The van der Waals surface area contributed by atoms with E-state index in [1.807, 2.05) is 0 Å². The maximum absolute atomic E-state index is 5.77. The van der Waals surface area contributed by atoms with E-state index >= 15 is 0 Å². The molecule has 0 aromatic rings. The molecule has 1 saturated heterocycles. The molecule has 0 spiro atoms. The lowest BCUT2D eigenvalue weighted by molar-refractivity contribution is -0.0200. The summed E-state index contributed by atoms with van der Waals surface area (Å²) in [5.74, 6) is 0. The first-order valence-corrected chi connectivity index (χ1v) is 5.03. The van der Waals surface area contributed by atoms with Crippen molar-refractivity contribution in [2.24, 2.45) is 0 Å². The van der Waals surface area contributed by atoms with Gasteiger partial charge in [0.25, 0.3) is 0 Å². The summed E-state index contributed by atoms with van der Waals surface area (Å²) in [6.45, 7) is 11.4. The van der Waals surface area contributed by atoms with Crippen molar-refractivity contribution in [3.63, 3.8) is 0 Å². The van der Waals surface area contributed by atoms with Crippen molar-refractivity contribution in [1.82, 2.24) is 4.90 Å². The van der Waals surface area contributed by atoms with Gasteiger partial charge in [0.1, 0.15) is 0 Å². The second-order valence-electron chi connectivity index (χ2n) is 4.33. The number of ether oxygens (including phenoxy) is 1. The summed E-state index contributed by atoms with van der Waals surface area (Å²) in [5, 5.41) is 0. The Morgan fingerprint density at radius 2 is 2.08 bits per heavy atom. The minimum atomic E-state index is 0.309. The summed E-state index contributed by atoms with van der Waals surface area (Å²) in [6, 6.07) is 0.523. The molecule has 2 nitrogen and oxygen atoms in total. The van der Waals surface area contributed by atoms with Crippen LogP contribution >= 0.6 is 0 Å². The summed E-state index contributed by atoms with van der Waals surface area (Å²) >= 11 is 0. The molecule has 1 aliphatic heterocycles. The molecule has 0 N–H and O–H groups in total. The first-order valence-electron chi connectivity index (χ1n) is 5.03. The van der Waals surface area contributed by atoms with Crippen molar-refractivity contribution in [3.8, 4) is 0 Å². The van der Waals surface area contributed by atoms with Gasteiger partial charge in [0.05, 0.1) is 12.2 Å². The van der Waals surface area contributed by atoms with Gasteiger partial charge in [-0.15, -0.1) is 0 Å². The third-order valence-corrected chi connectivity index (χ3v) is 2.57. The lowest BCUT2D eigenvalue weighted by Crippen LogP contribution is -2.37. The molecule has 1 heterocycles. The summed E-state index contributed by atoms with van der Waals surface area (Å²) in [5.41, 5.74) is 1.33. The van der Waals surface area contributed by atoms with Crippen LogP contribution in [-0.4, -0.2) is 36.7 Å². The van der Waals surface area contributed by atoms with E-state index in [4.69, 9.17) is 4.74 Å². The van der Waals surface area contributed by atoms with E-state index in [1.54, 1.807) is 0 Å². The smallest absolute Gasteiger partial charge is 0.0708 e. The fourth-order valence-corrected chi connectivity index (χ4v) is 2.03. The molecule has 1 aliphatic rings. The first kappa shape index (κ1) is 10.7. The minimum Gasteiger partial charge on any atom is -0.374 e. The van der Waals surface area contributed by atoms with Crippen LogP contribution in [0.25, 0.3) is 0 Å². The van der Waals surface area contributed by atoms with Gasteiger partial charge in [0.2, 0.25) is 0 Å². The van der Waals surface area contributed by atoms with Gasteiger partial charge >= 0.3 is 0 Å². The topological polar surface area (TPSA) is 12.5 Å². The summed E-state index contributed by atoms with van der Waals surface area (Å²) < 4.78 is 5.77. The number of likely N-dealkylation sites (tertiary alicyclic amines) is 1. The van der Waals surface area contributed by atoms with Crippen molar-refractivity contribution in [2.45, 2.75) is 45.4 Å². The third kappa shape index (κ3) is 2.82. The van der Waals surface area contributed by atoms with E-state index in [0.29, 0.717) is 18.2 Å². The third-order valence-electron chi connectivity index (χ3n) is 2.57. The Morgan fingerprint density at radius 1 is 1.46 bits per heavy atom. The predicted molar refractivity (Wildman–Crippen MR) is 55.9 cm³/mol. The highest BCUT2D eigenvalue weighted by atomic mass is 16.5. The van der Waals surface area contributed by atoms with Gasteiger partial charge in [0.15, 0.2) is 0 Å². The molecule has 2 unspecified atom stereocenters. The molecule has 0 saturated carbocycles. The Morgan fingerprint density at radius 3 is 2.46 bits per heavy atom. The molecular weight excluding hydrogens is 162 g/mol. The molecule has 1 fully saturated rings. The van der Waals surface area contributed by atoms with E-state index in [1.165, 1.54) is 5.57 Å². The van der Waals surface area contributed by atoms with Gasteiger partial charge in [-0.1, -0.05) is 12.2 Å². The van der Waals surface area contributed by atoms with Gasteiger partial charge in [-0.25, -0.2) is 0 Å². The normalized spacial score (nSPS) is 27.2. The molecule has 2 heteroatoms. The second-order valence-corrected chi connectivity index (χ2v) is 4.33. The predicted octanol–water partition coefficient (Wildman–Crippen LogP) is 2.06. The number of rotatable bonds is 3. The van der Waals surface area contributed by atoms with Crippen LogP contribution in [0.3, 0.4) is 0 Å².